The Morgan fingerprint density at radius 3 is 1.71 bits per heavy atom. The molecule has 0 atom stereocenters. The van der Waals surface area contributed by atoms with Gasteiger partial charge >= 0.3 is 5.97 Å². The zero-order valence-corrected chi connectivity index (χ0v) is 25.4. The van der Waals surface area contributed by atoms with E-state index in [1.807, 2.05) is 0 Å². The summed E-state index contributed by atoms with van der Waals surface area (Å²) in [4.78, 5) is 32.4. The second kappa shape index (κ2) is 25.8. The fourth-order valence-electron chi connectivity index (χ4n) is 4.31. The summed E-state index contributed by atoms with van der Waals surface area (Å²) in [5.74, 6) is -0.173. The van der Waals surface area contributed by atoms with E-state index in [0.717, 1.165) is 18.9 Å². The molecule has 0 spiro atoms. The first kappa shape index (κ1) is 37.2. The van der Waals surface area contributed by atoms with Crippen LogP contribution in [0.15, 0.2) is 18.2 Å². The number of hydrogen-bond acceptors (Lipinski definition) is 10. The SMILES string of the molecule is CCCCCCCCCCCCCCCC(=O)OCCOCCOCCOCCNc1ccc([N+](=O)[O-])cc1[N+](=O)[O-]. The monoisotopic (exact) mass is 597 g/mol. The Hall–Kier alpha value is -2.83. The van der Waals surface area contributed by atoms with Crippen LogP contribution < -0.4 is 5.32 Å². The van der Waals surface area contributed by atoms with E-state index in [-0.39, 0.29) is 36.2 Å². The van der Waals surface area contributed by atoms with Crippen molar-refractivity contribution in [3.05, 3.63) is 38.4 Å². The number of unbranched alkanes of at least 4 members (excludes halogenated alkanes) is 12. The van der Waals surface area contributed by atoms with E-state index < -0.39 is 9.85 Å². The Morgan fingerprint density at radius 1 is 0.690 bits per heavy atom. The zero-order chi connectivity index (χ0) is 30.7. The first-order valence-electron chi connectivity index (χ1n) is 15.5. The number of rotatable bonds is 29. The Bertz CT molecular complexity index is 870. The lowest BCUT2D eigenvalue weighted by atomic mass is 10.0. The van der Waals surface area contributed by atoms with Crippen molar-refractivity contribution in [2.75, 3.05) is 58.1 Å². The second-order valence-electron chi connectivity index (χ2n) is 10.2. The Balaban J connectivity index is 1.85. The van der Waals surface area contributed by atoms with Crippen molar-refractivity contribution < 1.29 is 33.6 Å². The number of carbonyl (C=O) groups excluding carboxylic acids is 1. The zero-order valence-electron chi connectivity index (χ0n) is 25.4. The molecule has 0 aliphatic heterocycles. The molecule has 0 aromatic heterocycles. The molecule has 1 aromatic carbocycles. The molecule has 0 saturated carbocycles. The van der Waals surface area contributed by atoms with E-state index in [1.165, 1.54) is 82.8 Å². The molecule has 240 valence electrons. The van der Waals surface area contributed by atoms with E-state index in [2.05, 4.69) is 12.2 Å². The highest BCUT2D eigenvalue weighted by molar-refractivity contribution is 5.69. The maximum absolute atomic E-state index is 11.8. The van der Waals surface area contributed by atoms with E-state index in [4.69, 9.17) is 18.9 Å². The molecule has 0 saturated heterocycles. The Labute approximate surface area is 250 Å². The number of esters is 1. The molecule has 0 amide bonds. The molecule has 0 bridgehead atoms. The molecule has 0 fully saturated rings. The summed E-state index contributed by atoms with van der Waals surface area (Å²) >= 11 is 0. The fraction of sp³-hybridized carbons (Fsp3) is 0.767. The van der Waals surface area contributed by atoms with Gasteiger partial charge in [-0.25, -0.2) is 0 Å². The quantitative estimate of drug-likeness (QED) is 0.0442. The summed E-state index contributed by atoms with van der Waals surface area (Å²) in [5.41, 5.74) is -0.518. The van der Waals surface area contributed by atoms with Crippen molar-refractivity contribution in [2.45, 2.75) is 96.8 Å². The summed E-state index contributed by atoms with van der Waals surface area (Å²) in [6.07, 6.45) is 17.0. The van der Waals surface area contributed by atoms with Gasteiger partial charge in [0.25, 0.3) is 11.4 Å². The summed E-state index contributed by atoms with van der Waals surface area (Å²) in [5, 5.41) is 24.8. The third-order valence-corrected chi connectivity index (χ3v) is 6.67. The van der Waals surface area contributed by atoms with Gasteiger partial charge in [0.05, 0.1) is 55.6 Å². The van der Waals surface area contributed by atoms with E-state index in [9.17, 15) is 25.0 Å². The van der Waals surface area contributed by atoms with Gasteiger partial charge in [-0.05, 0) is 12.5 Å². The smallest absolute Gasteiger partial charge is 0.305 e. The minimum absolute atomic E-state index is 0.173. The number of nitro groups is 2. The average molecular weight is 598 g/mol. The number of benzene rings is 1. The third kappa shape index (κ3) is 20.1. The van der Waals surface area contributed by atoms with Crippen LogP contribution in [0.2, 0.25) is 0 Å². The van der Waals surface area contributed by atoms with Crippen LogP contribution >= 0.6 is 0 Å². The number of ether oxygens (including phenoxy) is 4. The van der Waals surface area contributed by atoms with Gasteiger partial charge in [0.15, 0.2) is 0 Å². The average Bonchev–Trinajstić information content (AvgIpc) is 2.97. The van der Waals surface area contributed by atoms with Crippen molar-refractivity contribution in [3.8, 4) is 0 Å². The minimum atomic E-state index is -0.679. The summed E-state index contributed by atoms with van der Waals surface area (Å²) in [6.45, 7) is 4.83. The fourth-order valence-corrected chi connectivity index (χ4v) is 4.31. The highest BCUT2D eigenvalue weighted by Gasteiger charge is 2.19. The minimum Gasteiger partial charge on any atom is -0.463 e. The first-order chi connectivity index (χ1) is 20.5. The third-order valence-electron chi connectivity index (χ3n) is 6.67. The molecule has 0 radical (unpaired) electrons. The molecule has 12 heteroatoms. The van der Waals surface area contributed by atoms with Crippen LogP contribution in [0.5, 0.6) is 0 Å². The number of nitro benzene ring substituents is 2. The van der Waals surface area contributed by atoms with Crippen molar-refractivity contribution in [1.82, 2.24) is 0 Å². The molecule has 1 rings (SSSR count). The van der Waals surface area contributed by atoms with Crippen molar-refractivity contribution in [1.29, 1.82) is 0 Å². The first-order valence-corrected chi connectivity index (χ1v) is 15.5. The highest BCUT2D eigenvalue weighted by atomic mass is 16.6. The van der Waals surface area contributed by atoms with Gasteiger partial charge in [-0.2, -0.15) is 0 Å². The van der Waals surface area contributed by atoms with Crippen LogP contribution in [0.1, 0.15) is 96.8 Å². The molecule has 0 unspecified atom stereocenters. The summed E-state index contributed by atoms with van der Waals surface area (Å²) < 4.78 is 21.4. The second-order valence-corrected chi connectivity index (χ2v) is 10.2. The number of non-ortho nitro benzene ring substituents is 1. The van der Waals surface area contributed by atoms with Crippen LogP contribution in [0, 0.1) is 20.2 Å². The van der Waals surface area contributed by atoms with E-state index >= 15 is 0 Å². The topological polar surface area (TPSA) is 152 Å². The molecule has 0 aliphatic rings. The summed E-state index contributed by atoms with van der Waals surface area (Å²) in [7, 11) is 0. The number of nitrogens with one attached hydrogen (secondary N) is 1. The van der Waals surface area contributed by atoms with Crippen molar-refractivity contribution >= 4 is 23.0 Å². The van der Waals surface area contributed by atoms with Gasteiger partial charge in [0, 0.05) is 19.0 Å². The predicted octanol–water partition coefficient (Wildman–Crippen LogP) is 6.99. The largest absolute Gasteiger partial charge is 0.463 e. The standard InChI is InChI=1S/C30H51N3O9/c1-2-3-4-5-6-7-8-9-10-11-12-13-14-15-30(34)42-25-24-41-23-22-40-21-20-39-19-18-31-28-17-16-27(32(35)36)26-29(28)33(37)38/h16-17,26,31H,2-15,18-25H2,1H3. The molecular formula is C30H51N3O9. The van der Waals surface area contributed by atoms with Crippen molar-refractivity contribution in [3.63, 3.8) is 0 Å². The highest BCUT2D eigenvalue weighted by Crippen LogP contribution is 2.28. The van der Waals surface area contributed by atoms with Gasteiger partial charge in [0.1, 0.15) is 12.3 Å². The lowest BCUT2D eigenvalue weighted by Crippen LogP contribution is -2.15. The molecule has 1 aromatic rings. The Kier molecular flexibility index (Phi) is 22.9. The maximum Gasteiger partial charge on any atom is 0.305 e. The predicted molar refractivity (Wildman–Crippen MR) is 162 cm³/mol. The van der Waals surface area contributed by atoms with Crippen LogP contribution in [-0.4, -0.2) is 68.6 Å². The maximum atomic E-state index is 11.8. The number of anilines is 1. The number of nitrogens with zero attached hydrogens (tertiary/aromatic N) is 2. The molecule has 1 N–H and O–H groups in total. The lowest BCUT2D eigenvalue weighted by Gasteiger charge is -2.09. The Morgan fingerprint density at radius 2 is 1.19 bits per heavy atom. The van der Waals surface area contributed by atoms with Gasteiger partial charge in [-0.3, -0.25) is 25.0 Å². The van der Waals surface area contributed by atoms with E-state index in [1.54, 1.807) is 0 Å². The van der Waals surface area contributed by atoms with Crippen LogP contribution in [0.4, 0.5) is 17.1 Å². The van der Waals surface area contributed by atoms with E-state index in [0.29, 0.717) is 46.0 Å². The van der Waals surface area contributed by atoms with Gasteiger partial charge in [-0.15, -0.1) is 0 Å². The number of carbonyl (C=O) groups is 1. The van der Waals surface area contributed by atoms with Crippen LogP contribution in [-0.2, 0) is 23.7 Å². The summed E-state index contributed by atoms with van der Waals surface area (Å²) in [6, 6.07) is 3.43. The number of hydrogen-bond donors (Lipinski definition) is 1. The normalized spacial score (nSPS) is 11.0. The van der Waals surface area contributed by atoms with Gasteiger partial charge < -0.3 is 24.3 Å². The molecule has 0 aliphatic carbocycles. The molecular weight excluding hydrogens is 546 g/mol. The van der Waals surface area contributed by atoms with Crippen LogP contribution in [0.25, 0.3) is 0 Å². The van der Waals surface area contributed by atoms with Gasteiger partial charge in [-0.1, -0.05) is 84.0 Å². The lowest BCUT2D eigenvalue weighted by molar-refractivity contribution is -0.393. The molecule has 42 heavy (non-hydrogen) atoms. The van der Waals surface area contributed by atoms with Crippen molar-refractivity contribution in [2.24, 2.45) is 0 Å². The van der Waals surface area contributed by atoms with Gasteiger partial charge in [0.2, 0.25) is 0 Å². The molecule has 12 nitrogen and oxygen atoms in total. The molecule has 0 heterocycles. The van der Waals surface area contributed by atoms with Crippen LogP contribution in [0.3, 0.4) is 0 Å².